The van der Waals surface area contributed by atoms with Crippen molar-refractivity contribution in [3.63, 3.8) is 0 Å². The number of primary amides is 1. The third-order valence-electron chi connectivity index (χ3n) is 2.31. The van der Waals surface area contributed by atoms with Gasteiger partial charge >= 0.3 is 0 Å². The van der Waals surface area contributed by atoms with Crippen molar-refractivity contribution >= 4 is 29.3 Å². The average Bonchev–Trinajstić information content (AvgIpc) is 2.38. The summed E-state index contributed by atoms with van der Waals surface area (Å²) in [5, 5.41) is 0.634. The van der Waals surface area contributed by atoms with Crippen molar-refractivity contribution in [2.24, 2.45) is 5.73 Å². The highest BCUT2D eigenvalue weighted by atomic mass is 35.5. The number of thioether (sulfide) groups is 1. The number of halogens is 1. The number of aromatic nitrogens is 1. The molecule has 1 aromatic carbocycles. The maximum absolute atomic E-state index is 11.5. The molecule has 1 heterocycles. The van der Waals surface area contributed by atoms with Crippen molar-refractivity contribution in [1.29, 1.82) is 0 Å². The molecular formula is C13H11ClN2OS. The molecule has 0 saturated carbocycles. The van der Waals surface area contributed by atoms with Crippen molar-refractivity contribution in [3.8, 4) is 0 Å². The third kappa shape index (κ3) is 3.03. The van der Waals surface area contributed by atoms with Crippen LogP contribution >= 0.6 is 23.4 Å². The predicted octanol–water partition coefficient (Wildman–Crippen LogP) is 3.05. The van der Waals surface area contributed by atoms with Crippen molar-refractivity contribution in [3.05, 3.63) is 59.2 Å². The lowest BCUT2D eigenvalue weighted by atomic mass is 10.1. The lowest BCUT2D eigenvalue weighted by molar-refractivity contribution is -0.117. The van der Waals surface area contributed by atoms with Gasteiger partial charge in [-0.3, -0.25) is 4.79 Å². The van der Waals surface area contributed by atoms with Gasteiger partial charge in [0.1, 0.15) is 10.3 Å². The van der Waals surface area contributed by atoms with Crippen LogP contribution in [-0.4, -0.2) is 10.9 Å². The molecule has 0 radical (unpaired) electrons. The van der Waals surface area contributed by atoms with Gasteiger partial charge in [0.15, 0.2) is 0 Å². The molecule has 2 aromatic rings. The van der Waals surface area contributed by atoms with E-state index >= 15 is 0 Å². The Hall–Kier alpha value is -1.52. The van der Waals surface area contributed by atoms with Gasteiger partial charge in [-0.25, -0.2) is 4.98 Å². The molecule has 18 heavy (non-hydrogen) atoms. The maximum Gasteiger partial charge on any atom is 0.235 e. The Kier molecular flexibility index (Phi) is 4.23. The summed E-state index contributed by atoms with van der Waals surface area (Å²) in [7, 11) is 0. The Labute approximate surface area is 114 Å². The minimum Gasteiger partial charge on any atom is -0.368 e. The summed E-state index contributed by atoms with van der Waals surface area (Å²) in [6.07, 6.45) is 1.64. The molecule has 0 spiro atoms. The van der Waals surface area contributed by atoms with E-state index in [1.807, 2.05) is 30.3 Å². The first kappa shape index (κ1) is 12.9. The lowest BCUT2D eigenvalue weighted by Gasteiger charge is -2.13. The van der Waals surface area contributed by atoms with Crippen molar-refractivity contribution in [2.45, 2.75) is 10.3 Å². The molecule has 1 amide bonds. The van der Waals surface area contributed by atoms with Gasteiger partial charge in [0, 0.05) is 6.20 Å². The lowest BCUT2D eigenvalue weighted by Crippen LogP contribution is -2.19. The van der Waals surface area contributed by atoms with E-state index in [0.717, 1.165) is 5.56 Å². The second-order valence-corrected chi connectivity index (χ2v) is 5.10. The van der Waals surface area contributed by atoms with Crippen LogP contribution in [0.25, 0.3) is 0 Å². The molecular weight excluding hydrogens is 268 g/mol. The maximum atomic E-state index is 11.5. The SMILES string of the molecule is NC(=O)[C@@H](Sc1ncccc1Cl)c1ccccc1. The molecule has 1 atom stereocenters. The number of rotatable bonds is 4. The van der Waals surface area contributed by atoms with Gasteiger partial charge in [-0.2, -0.15) is 0 Å². The number of hydrogen-bond donors (Lipinski definition) is 1. The Bertz CT molecular complexity index is 548. The molecule has 2 rings (SSSR count). The highest BCUT2D eigenvalue weighted by molar-refractivity contribution is 8.00. The zero-order valence-corrected chi connectivity index (χ0v) is 11.0. The molecule has 3 nitrogen and oxygen atoms in total. The number of nitrogens with two attached hydrogens (primary N) is 1. The van der Waals surface area contributed by atoms with Crippen molar-refractivity contribution in [2.75, 3.05) is 0 Å². The monoisotopic (exact) mass is 278 g/mol. The number of carbonyl (C=O) groups is 1. The smallest absolute Gasteiger partial charge is 0.235 e. The zero-order valence-electron chi connectivity index (χ0n) is 9.42. The second-order valence-electron chi connectivity index (χ2n) is 3.60. The molecule has 0 bridgehead atoms. The van der Waals surface area contributed by atoms with Crippen LogP contribution in [0.15, 0.2) is 53.7 Å². The summed E-state index contributed by atoms with van der Waals surface area (Å²) in [6, 6.07) is 12.8. The fourth-order valence-electron chi connectivity index (χ4n) is 1.49. The molecule has 5 heteroatoms. The van der Waals surface area contributed by atoms with Gasteiger partial charge < -0.3 is 5.73 Å². The van der Waals surface area contributed by atoms with Gasteiger partial charge in [-0.1, -0.05) is 53.7 Å². The Morgan fingerprint density at radius 1 is 1.22 bits per heavy atom. The zero-order chi connectivity index (χ0) is 13.0. The van der Waals surface area contributed by atoms with E-state index < -0.39 is 11.2 Å². The summed E-state index contributed by atoms with van der Waals surface area (Å²) >= 11 is 7.28. The summed E-state index contributed by atoms with van der Waals surface area (Å²) in [4.78, 5) is 15.7. The van der Waals surface area contributed by atoms with E-state index in [1.165, 1.54) is 11.8 Å². The highest BCUT2D eigenvalue weighted by Gasteiger charge is 2.20. The fourth-order valence-corrected chi connectivity index (χ4v) is 2.68. The number of carbonyl (C=O) groups excluding carboxylic acids is 1. The Balaban J connectivity index is 2.28. The average molecular weight is 279 g/mol. The summed E-state index contributed by atoms with van der Waals surface area (Å²) in [6.45, 7) is 0. The van der Waals surface area contributed by atoms with Crippen LogP contribution in [0.2, 0.25) is 5.02 Å². The number of hydrogen-bond acceptors (Lipinski definition) is 3. The molecule has 0 unspecified atom stereocenters. The van der Waals surface area contributed by atoms with Gasteiger partial charge in [0.25, 0.3) is 0 Å². The third-order valence-corrected chi connectivity index (χ3v) is 4.02. The molecule has 0 aliphatic rings. The van der Waals surface area contributed by atoms with Crippen LogP contribution in [0.5, 0.6) is 0 Å². The van der Waals surface area contributed by atoms with E-state index in [0.29, 0.717) is 10.0 Å². The Morgan fingerprint density at radius 2 is 1.94 bits per heavy atom. The molecule has 0 aliphatic carbocycles. The molecule has 0 fully saturated rings. The normalized spacial score (nSPS) is 12.1. The van der Waals surface area contributed by atoms with Gasteiger partial charge in [0.05, 0.1) is 5.02 Å². The summed E-state index contributed by atoms with van der Waals surface area (Å²) < 4.78 is 0. The van der Waals surface area contributed by atoms with Gasteiger partial charge in [-0.05, 0) is 17.7 Å². The standard InChI is InChI=1S/C13H11ClN2OS/c14-10-7-4-8-16-13(10)18-11(12(15)17)9-5-2-1-3-6-9/h1-8,11H,(H2,15,17)/t11-/m0/s1. The van der Waals surface area contributed by atoms with E-state index in [2.05, 4.69) is 4.98 Å². The second kappa shape index (κ2) is 5.89. The highest BCUT2D eigenvalue weighted by Crippen LogP contribution is 2.36. The minimum atomic E-state index is -0.487. The van der Waals surface area contributed by atoms with Crippen LogP contribution in [0.1, 0.15) is 10.8 Å². The van der Waals surface area contributed by atoms with E-state index in [9.17, 15) is 4.79 Å². The van der Waals surface area contributed by atoms with E-state index in [4.69, 9.17) is 17.3 Å². The van der Waals surface area contributed by atoms with Crippen molar-refractivity contribution < 1.29 is 4.79 Å². The minimum absolute atomic E-state index is 0.409. The topological polar surface area (TPSA) is 56.0 Å². The fraction of sp³-hybridized carbons (Fsp3) is 0.0769. The van der Waals surface area contributed by atoms with E-state index in [-0.39, 0.29) is 0 Å². The first-order valence-corrected chi connectivity index (χ1v) is 6.55. The van der Waals surface area contributed by atoms with Crippen LogP contribution in [0.3, 0.4) is 0 Å². The van der Waals surface area contributed by atoms with Crippen LogP contribution in [-0.2, 0) is 4.79 Å². The number of benzene rings is 1. The molecule has 0 aliphatic heterocycles. The summed E-state index contributed by atoms with van der Waals surface area (Å²) in [5.41, 5.74) is 6.28. The van der Waals surface area contributed by atoms with Crippen molar-refractivity contribution in [1.82, 2.24) is 4.98 Å². The first-order chi connectivity index (χ1) is 8.68. The predicted molar refractivity (Wildman–Crippen MR) is 73.5 cm³/mol. The first-order valence-electron chi connectivity index (χ1n) is 5.30. The number of amides is 1. The van der Waals surface area contributed by atoms with Crippen LogP contribution < -0.4 is 5.73 Å². The van der Waals surface area contributed by atoms with Gasteiger partial charge in [-0.15, -0.1) is 0 Å². The van der Waals surface area contributed by atoms with Crippen LogP contribution in [0, 0.1) is 0 Å². The molecule has 1 aromatic heterocycles. The van der Waals surface area contributed by atoms with Gasteiger partial charge in [0.2, 0.25) is 5.91 Å². The molecule has 0 saturated heterocycles. The quantitative estimate of drug-likeness (QED) is 0.875. The summed E-state index contributed by atoms with van der Waals surface area (Å²) in [5.74, 6) is -0.409. The number of pyridine rings is 1. The van der Waals surface area contributed by atoms with E-state index in [1.54, 1.807) is 18.3 Å². The molecule has 92 valence electrons. The largest absolute Gasteiger partial charge is 0.368 e. The molecule has 2 N–H and O–H groups in total. The number of nitrogens with zero attached hydrogens (tertiary/aromatic N) is 1. The Morgan fingerprint density at radius 3 is 2.56 bits per heavy atom. The van der Waals surface area contributed by atoms with Crippen LogP contribution in [0.4, 0.5) is 0 Å².